The van der Waals surface area contributed by atoms with Crippen molar-refractivity contribution >= 4 is 34.0 Å². The van der Waals surface area contributed by atoms with Crippen LogP contribution in [0.15, 0.2) is 69.5 Å². The van der Waals surface area contributed by atoms with Crippen LogP contribution < -0.4 is 0 Å². The normalized spacial score (nSPS) is 11.5. The minimum atomic E-state index is 0.918. The molecule has 0 fully saturated rings. The molecule has 5 heteroatoms. The molecule has 0 aliphatic rings. The minimum absolute atomic E-state index is 0.918. The first-order valence-electron chi connectivity index (χ1n) is 13.7. The summed E-state index contributed by atoms with van der Waals surface area (Å²) in [6.07, 6.45) is 12.8. The van der Waals surface area contributed by atoms with E-state index in [0.29, 0.717) is 0 Å². The van der Waals surface area contributed by atoms with E-state index in [9.17, 15) is 0 Å². The molecule has 0 bridgehead atoms. The van der Waals surface area contributed by atoms with E-state index < -0.39 is 0 Å². The zero-order valence-electron chi connectivity index (χ0n) is 21.9. The Bertz CT molecular complexity index is 1270. The van der Waals surface area contributed by atoms with Crippen LogP contribution in [0.25, 0.3) is 42.5 Å². The second-order valence-corrected chi connectivity index (χ2v) is 13.1. The molecule has 5 aromatic heterocycles. The zero-order valence-corrected chi connectivity index (χ0v) is 24.3. The van der Waals surface area contributed by atoms with Crippen molar-refractivity contribution in [1.29, 1.82) is 0 Å². The molecule has 0 saturated heterocycles. The average Bonchev–Trinajstić information content (AvgIpc) is 3.73. The van der Waals surface area contributed by atoms with E-state index >= 15 is 0 Å². The van der Waals surface area contributed by atoms with Crippen molar-refractivity contribution in [3.05, 3.63) is 70.4 Å². The van der Waals surface area contributed by atoms with Crippen molar-refractivity contribution in [2.24, 2.45) is 0 Å². The Morgan fingerprint density at radius 2 is 0.811 bits per heavy atom. The Hall–Kier alpha value is -2.34. The van der Waals surface area contributed by atoms with Gasteiger partial charge in [0.2, 0.25) is 0 Å². The predicted octanol–water partition coefficient (Wildman–Crippen LogP) is 12.0. The van der Waals surface area contributed by atoms with Crippen LogP contribution in [0.2, 0.25) is 0 Å². The molecule has 194 valence electrons. The lowest BCUT2D eigenvalue weighted by Crippen LogP contribution is -1.80. The van der Waals surface area contributed by atoms with Crippen molar-refractivity contribution in [3.8, 4) is 42.5 Å². The molecule has 0 atom stereocenters. The van der Waals surface area contributed by atoms with Gasteiger partial charge in [-0.25, -0.2) is 0 Å². The van der Waals surface area contributed by atoms with E-state index in [4.69, 9.17) is 8.83 Å². The highest BCUT2D eigenvalue weighted by Crippen LogP contribution is 2.40. The maximum absolute atomic E-state index is 6.28. The highest BCUT2D eigenvalue weighted by Gasteiger charge is 2.15. The molecule has 0 aliphatic heterocycles. The van der Waals surface area contributed by atoms with Crippen molar-refractivity contribution < 1.29 is 8.83 Å². The fraction of sp³-hybridized carbons (Fsp3) is 0.375. The first kappa shape index (κ1) is 26.3. The lowest BCUT2D eigenvalue weighted by molar-refractivity contribution is 0.600. The number of thiophene rings is 3. The molecule has 2 nitrogen and oxygen atoms in total. The molecule has 0 radical (unpaired) electrons. The highest BCUT2D eigenvalue weighted by molar-refractivity contribution is 7.18. The van der Waals surface area contributed by atoms with Gasteiger partial charge in [0.1, 0.15) is 23.0 Å². The van der Waals surface area contributed by atoms with Crippen LogP contribution in [0.5, 0.6) is 0 Å². The molecule has 5 rings (SSSR count). The Morgan fingerprint density at radius 1 is 0.432 bits per heavy atom. The molecule has 0 amide bonds. The third-order valence-corrected chi connectivity index (χ3v) is 10.1. The maximum Gasteiger partial charge on any atom is 0.144 e. The van der Waals surface area contributed by atoms with E-state index in [2.05, 4.69) is 74.5 Å². The molecule has 0 aliphatic carbocycles. The fourth-order valence-electron chi connectivity index (χ4n) is 4.55. The Balaban J connectivity index is 1.22. The number of rotatable bonds is 14. The topological polar surface area (TPSA) is 26.3 Å². The Morgan fingerprint density at radius 3 is 1.22 bits per heavy atom. The third kappa shape index (κ3) is 6.76. The number of hydrogen-bond donors (Lipinski definition) is 0. The smallest absolute Gasteiger partial charge is 0.144 e. The SMILES string of the molecule is CCCCCCc1ccc(-c2ccc(-c3ccc(-c4ccc(-c5ccc(CCCCCC)s5)o4)s3)o2)s1. The van der Waals surface area contributed by atoms with Crippen molar-refractivity contribution in [2.45, 2.75) is 78.1 Å². The molecule has 0 unspecified atom stereocenters. The molecule has 0 N–H and O–H groups in total. The van der Waals surface area contributed by atoms with E-state index in [-0.39, 0.29) is 0 Å². The highest BCUT2D eigenvalue weighted by atomic mass is 32.1. The quantitative estimate of drug-likeness (QED) is 0.129. The van der Waals surface area contributed by atoms with Crippen LogP contribution in [-0.4, -0.2) is 0 Å². The van der Waals surface area contributed by atoms with Gasteiger partial charge in [-0.1, -0.05) is 52.4 Å². The maximum atomic E-state index is 6.28. The van der Waals surface area contributed by atoms with Crippen LogP contribution in [0.4, 0.5) is 0 Å². The second-order valence-electron chi connectivity index (χ2n) is 9.64. The molecular weight excluding hydrogens is 513 g/mol. The summed E-state index contributed by atoms with van der Waals surface area (Å²) in [7, 11) is 0. The molecule has 37 heavy (non-hydrogen) atoms. The average molecular weight is 549 g/mol. The van der Waals surface area contributed by atoms with Gasteiger partial charge in [0.05, 0.1) is 19.5 Å². The number of furan rings is 2. The standard InChI is InChI=1S/C32H36O2S3/c1-3-5-7-9-11-23-13-19-29(35-23)25-15-17-27(33-25)31-21-22-32(37-31)28-18-16-26(34-28)30-20-14-24(36-30)12-10-8-6-4-2/h13-22H,3-12H2,1-2H3. The third-order valence-electron chi connectivity index (χ3n) is 6.67. The lowest BCUT2D eigenvalue weighted by Gasteiger charge is -1.97. The summed E-state index contributed by atoms with van der Waals surface area (Å²) in [5, 5.41) is 0. The van der Waals surface area contributed by atoms with Crippen LogP contribution in [-0.2, 0) is 12.8 Å². The number of hydrogen-bond acceptors (Lipinski definition) is 5. The van der Waals surface area contributed by atoms with Crippen molar-refractivity contribution in [2.75, 3.05) is 0 Å². The molecular formula is C32H36O2S3. The molecule has 0 aromatic carbocycles. The van der Waals surface area contributed by atoms with E-state index in [1.165, 1.54) is 83.7 Å². The van der Waals surface area contributed by atoms with Gasteiger partial charge < -0.3 is 8.83 Å². The van der Waals surface area contributed by atoms with E-state index in [1.807, 2.05) is 22.7 Å². The zero-order chi connectivity index (χ0) is 25.5. The van der Waals surface area contributed by atoms with Gasteiger partial charge in [0.25, 0.3) is 0 Å². The van der Waals surface area contributed by atoms with Crippen LogP contribution in [0.1, 0.15) is 75.0 Å². The van der Waals surface area contributed by atoms with Crippen molar-refractivity contribution in [1.82, 2.24) is 0 Å². The van der Waals surface area contributed by atoms with Crippen LogP contribution in [0.3, 0.4) is 0 Å². The van der Waals surface area contributed by atoms with E-state index in [0.717, 1.165) is 32.8 Å². The number of unbranched alkanes of at least 4 members (excludes halogenated alkanes) is 6. The van der Waals surface area contributed by atoms with Gasteiger partial charge in [-0.05, 0) is 86.3 Å². The summed E-state index contributed by atoms with van der Waals surface area (Å²) < 4.78 is 12.6. The summed E-state index contributed by atoms with van der Waals surface area (Å²) in [5.41, 5.74) is 0. The summed E-state index contributed by atoms with van der Waals surface area (Å²) in [5.74, 6) is 3.75. The van der Waals surface area contributed by atoms with Gasteiger partial charge in [-0.3, -0.25) is 0 Å². The summed E-state index contributed by atoms with van der Waals surface area (Å²) in [4.78, 5) is 7.58. The van der Waals surface area contributed by atoms with Gasteiger partial charge in [0, 0.05) is 9.75 Å². The molecule has 0 spiro atoms. The summed E-state index contributed by atoms with van der Waals surface area (Å²) in [6.45, 7) is 4.52. The van der Waals surface area contributed by atoms with Gasteiger partial charge in [-0.2, -0.15) is 0 Å². The fourth-order valence-corrected chi connectivity index (χ4v) is 7.50. The van der Waals surface area contributed by atoms with Crippen LogP contribution in [0, 0.1) is 0 Å². The van der Waals surface area contributed by atoms with Gasteiger partial charge >= 0.3 is 0 Å². The Labute approximate surface area is 233 Å². The van der Waals surface area contributed by atoms with Crippen molar-refractivity contribution in [3.63, 3.8) is 0 Å². The first-order valence-corrected chi connectivity index (χ1v) is 16.2. The largest absolute Gasteiger partial charge is 0.454 e. The monoisotopic (exact) mass is 548 g/mol. The predicted molar refractivity (Wildman–Crippen MR) is 162 cm³/mol. The van der Waals surface area contributed by atoms with Crippen LogP contribution >= 0.6 is 34.0 Å². The van der Waals surface area contributed by atoms with Gasteiger partial charge in [-0.15, -0.1) is 34.0 Å². The first-order chi connectivity index (χ1) is 18.2. The lowest BCUT2D eigenvalue weighted by atomic mass is 10.1. The molecule has 0 saturated carbocycles. The molecule has 5 aromatic rings. The van der Waals surface area contributed by atoms with E-state index in [1.54, 1.807) is 11.3 Å². The molecule has 5 heterocycles. The summed E-state index contributed by atoms with van der Waals surface area (Å²) >= 11 is 5.43. The summed E-state index contributed by atoms with van der Waals surface area (Å²) in [6, 6.07) is 21.6. The number of aryl methyl sites for hydroxylation is 2. The Kier molecular flexibility index (Phi) is 9.19. The minimum Gasteiger partial charge on any atom is -0.454 e. The second kappa shape index (κ2) is 12.9. The van der Waals surface area contributed by atoms with Gasteiger partial charge in [0.15, 0.2) is 0 Å².